The third-order valence-corrected chi connectivity index (χ3v) is 5.56. The minimum atomic E-state index is -0.565. The first-order valence-corrected chi connectivity index (χ1v) is 10.5. The van der Waals surface area contributed by atoms with Crippen molar-refractivity contribution >= 4 is 22.8 Å². The fourth-order valence-corrected chi connectivity index (χ4v) is 3.86. The second-order valence-corrected chi connectivity index (χ2v) is 7.76. The van der Waals surface area contributed by atoms with E-state index in [-0.39, 0.29) is 13.1 Å². The highest BCUT2D eigenvalue weighted by molar-refractivity contribution is 5.92. The van der Waals surface area contributed by atoms with Gasteiger partial charge in [-0.15, -0.1) is 0 Å². The second-order valence-electron chi connectivity index (χ2n) is 7.76. The lowest BCUT2D eigenvalue weighted by atomic mass is 10.1. The summed E-state index contributed by atoms with van der Waals surface area (Å²) in [6, 6.07) is 15.2. The summed E-state index contributed by atoms with van der Waals surface area (Å²) >= 11 is 0. The van der Waals surface area contributed by atoms with E-state index in [0.29, 0.717) is 23.4 Å². The molecule has 32 heavy (non-hydrogen) atoms. The average Bonchev–Trinajstić information content (AvgIpc) is 3.22. The van der Waals surface area contributed by atoms with Crippen LogP contribution >= 0.6 is 0 Å². The number of fused-ring (bicyclic) bond motifs is 1. The van der Waals surface area contributed by atoms with Crippen molar-refractivity contribution in [2.75, 3.05) is 5.32 Å². The zero-order valence-electron chi connectivity index (χ0n) is 18.3. The van der Waals surface area contributed by atoms with Crippen LogP contribution in [0.5, 0.6) is 0 Å². The van der Waals surface area contributed by atoms with Gasteiger partial charge in [-0.25, -0.2) is 14.3 Å². The number of aromatic nitrogens is 4. The van der Waals surface area contributed by atoms with E-state index < -0.39 is 17.2 Å². The van der Waals surface area contributed by atoms with E-state index in [1.54, 1.807) is 10.9 Å². The molecular formula is C24H25N5O3. The number of nitrogens with zero attached hydrogens (tertiary/aromatic N) is 4. The molecule has 0 aliphatic heterocycles. The van der Waals surface area contributed by atoms with E-state index in [1.165, 1.54) is 4.57 Å². The van der Waals surface area contributed by atoms with Gasteiger partial charge >= 0.3 is 5.69 Å². The van der Waals surface area contributed by atoms with Crippen molar-refractivity contribution in [3.63, 3.8) is 0 Å². The lowest BCUT2D eigenvalue weighted by Crippen LogP contribution is -2.43. The summed E-state index contributed by atoms with van der Waals surface area (Å²) in [7, 11) is 0. The van der Waals surface area contributed by atoms with Crippen LogP contribution < -0.4 is 16.6 Å². The topological polar surface area (TPSA) is 90.9 Å². The van der Waals surface area contributed by atoms with Crippen molar-refractivity contribution in [1.82, 2.24) is 18.7 Å². The van der Waals surface area contributed by atoms with Gasteiger partial charge in [0, 0.05) is 12.2 Å². The van der Waals surface area contributed by atoms with Gasteiger partial charge in [0.1, 0.15) is 6.54 Å². The third-order valence-electron chi connectivity index (χ3n) is 5.56. The average molecular weight is 431 g/mol. The Labute approximate surface area is 184 Å². The predicted molar refractivity (Wildman–Crippen MR) is 124 cm³/mol. The highest BCUT2D eigenvalue weighted by Gasteiger charge is 2.20. The van der Waals surface area contributed by atoms with Crippen molar-refractivity contribution in [3.05, 3.63) is 92.4 Å². The minimum absolute atomic E-state index is 0.246. The van der Waals surface area contributed by atoms with Crippen molar-refractivity contribution in [2.24, 2.45) is 0 Å². The predicted octanol–water partition coefficient (Wildman–Crippen LogP) is 2.68. The molecule has 2 heterocycles. The Bertz CT molecular complexity index is 1390. The van der Waals surface area contributed by atoms with Crippen molar-refractivity contribution < 1.29 is 4.79 Å². The molecule has 164 valence electrons. The van der Waals surface area contributed by atoms with E-state index in [0.717, 1.165) is 21.3 Å². The maximum Gasteiger partial charge on any atom is 0.333 e. The molecule has 0 aliphatic carbocycles. The molecule has 2 aromatic carbocycles. The molecule has 0 unspecified atom stereocenters. The van der Waals surface area contributed by atoms with Crippen LogP contribution in [-0.4, -0.2) is 24.6 Å². The Morgan fingerprint density at radius 1 is 0.969 bits per heavy atom. The summed E-state index contributed by atoms with van der Waals surface area (Å²) in [5, 5.41) is 2.85. The van der Waals surface area contributed by atoms with Crippen LogP contribution in [0.1, 0.15) is 23.6 Å². The van der Waals surface area contributed by atoms with Crippen molar-refractivity contribution in [1.29, 1.82) is 0 Å². The molecule has 0 aliphatic rings. The number of anilines is 1. The second kappa shape index (κ2) is 8.66. The number of hydrogen-bond donors (Lipinski definition) is 1. The Morgan fingerprint density at radius 2 is 1.66 bits per heavy atom. The fraction of sp³-hybridized carbons (Fsp3) is 0.250. The number of rotatable bonds is 6. The summed E-state index contributed by atoms with van der Waals surface area (Å²) in [6.07, 6.45) is 1.55. The Morgan fingerprint density at radius 3 is 2.31 bits per heavy atom. The Balaban J connectivity index is 1.79. The van der Waals surface area contributed by atoms with E-state index in [4.69, 9.17) is 0 Å². The Hall–Kier alpha value is -3.94. The normalized spacial score (nSPS) is 11.1. The van der Waals surface area contributed by atoms with Crippen LogP contribution in [0.2, 0.25) is 0 Å². The van der Waals surface area contributed by atoms with Crippen LogP contribution in [0.25, 0.3) is 11.2 Å². The van der Waals surface area contributed by atoms with Gasteiger partial charge in [0.05, 0.1) is 12.9 Å². The number of nitrogens with one attached hydrogen (secondary N) is 1. The molecule has 4 aromatic rings. The maximum absolute atomic E-state index is 13.3. The van der Waals surface area contributed by atoms with Gasteiger partial charge < -0.3 is 9.88 Å². The SMILES string of the molecule is CCn1cnc2c1c(=O)n(CC(=O)Nc1c(C)cccc1C)c(=O)n2Cc1ccccc1. The molecule has 8 heteroatoms. The van der Waals surface area contributed by atoms with Gasteiger partial charge in [-0.1, -0.05) is 48.5 Å². The molecule has 0 bridgehead atoms. The van der Waals surface area contributed by atoms with Gasteiger partial charge in [-0.3, -0.25) is 14.2 Å². The first-order valence-electron chi connectivity index (χ1n) is 10.5. The molecule has 0 saturated heterocycles. The molecule has 0 spiro atoms. The third kappa shape index (κ3) is 3.87. The standard InChI is InChI=1S/C24H25N5O3/c1-4-27-15-25-22-21(27)23(31)29(24(32)28(22)13-18-11-6-5-7-12-18)14-19(30)26-20-16(2)9-8-10-17(20)3/h5-12,15H,4,13-14H2,1-3H3,(H,26,30). The van der Waals surface area contributed by atoms with Crippen LogP contribution in [0.15, 0.2) is 64.4 Å². The lowest BCUT2D eigenvalue weighted by Gasteiger charge is -2.14. The number of hydrogen-bond acceptors (Lipinski definition) is 4. The first kappa shape index (κ1) is 21.3. The number of carbonyl (C=O) groups is 1. The van der Waals surface area contributed by atoms with E-state index in [9.17, 15) is 14.4 Å². The fourth-order valence-electron chi connectivity index (χ4n) is 3.86. The van der Waals surface area contributed by atoms with E-state index in [1.807, 2.05) is 69.3 Å². The molecule has 1 N–H and O–H groups in total. The monoisotopic (exact) mass is 431 g/mol. The summed E-state index contributed by atoms with van der Waals surface area (Å²) in [6.45, 7) is 6.07. The lowest BCUT2D eigenvalue weighted by molar-refractivity contribution is -0.116. The summed E-state index contributed by atoms with van der Waals surface area (Å²) in [5.41, 5.74) is 2.94. The van der Waals surface area contributed by atoms with Gasteiger partial charge in [0.15, 0.2) is 11.2 Å². The first-order chi connectivity index (χ1) is 15.4. The number of imidazole rings is 1. The maximum atomic E-state index is 13.3. The smallest absolute Gasteiger partial charge is 0.325 e. The highest BCUT2D eigenvalue weighted by atomic mass is 16.2. The van der Waals surface area contributed by atoms with Crippen LogP contribution in [0.4, 0.5) is 5.69 Å². The molecule has 8 nitrogen and oxygen atoms in total. The molecule has 0 atom stereocenters. The van der Waals surface area contributed by atoms with Crippen LogP contribution in [0, 0.1) is 13.8 Å². The molecule has 2 aromatic heterocycles. The molecule has 0 radical (unpaired) electrons. The van der Waals surface area contributed by atoms with E-state index >= 15 is 0 Å². The number of benzene rings is 2. The van der Waals surface area contributed by atoms with E-state index in [2.05, 4.69) is 10.3 Å². The largest absolute Gasteiger partial charge is 0.333 e. The van der Waals surface area contributed by atoms with Gasteiger partial charge in [-0.2, -0.15) is 0 Å². The van der Waals surface area contributed by atoms with Gasteiger partial charge in [0.25, 0.3) is 5.56 Å². The zero-order valence-corrected chi connectivity index (χ0v) is 18.3. The van der Waals surface area contributed by atoms with Crippen LogP contribution in [0.3, 0.4) is 0 Å². The molecular weight excluding hydrogens is 406 g/mol. The number of para-hydroxylation sites is 1. The molecule has 0 saturated carbocycles. The molecule has 1 amide bonds. The molecule has 0 fully saturated rings. The minimum Gasteiger partial charge on any atom is -0.325 e. The summed E-state index contributed by atoms with van der Waals surface area (Å²) < 4.78 is 4.13. The summed E-state index contributed by atoms with van der Waals surface area (Å²) in [4.78, 5) is 43.7. The highest BCUT2D eigenvalue weighted by Crippen LogP contribution is 2.19. The van der Waals surface area contributed by atoms with Crippen molar-refractivity contribution in [2.45, 2.75) is 40.4 Å². The summed E-state index contributed by atoms with van der Waals surface area (Å²) in [5.74, 6) is -0.435. The van der Waals surface area contributed by atoms with Gasteiger partial charge in [-0.05, 0) is 37.5 Å². The van der Waals surface area contributed by atoms with Gasteiger partial charge in [0.2, 0.25) is 5.91 Å². The number of amides is 1. The quantitative estimate of drug-likeness (QED) is 0.508. The zero-order chi connectivity index (χ0) is 22.8. The van der Waals surface area contributed by atoms with Crippen molar-refractivity contribution in [3.8, 4) is 0 Å². The van der Waals surface area contributed by atoms with Crippen LogP contribution in [-0.2, 0) is 24.4 Å². The molecule has 4 rings (SSSR count). The Kier molecular flexibility index (Phi) is 5.77. The number of carbonyl (C=O) groups excluding carboxylic acids is 1. The number of aryl methyl sites for hydroxylation is 3.